The number of aliphatic hydroxyl groups excluding tert-OH is 1. The fourth-order valence-electron chi connectivity index (χ4n) is 4.08. The lowest BCUT2D eigenvalue weighted by Crippen LogP contribution is -2.54. The molecule has 2 fully saturated rings. The van der Waals surface area contributed by atoms with Crippen molar-refractivity contribution < 1.29 is 28.7 Å². The molecule has 29 heavy (non-hydrogen) atoms. The lowest BCUT2D eigenvalue weighted by molar-refractivity contribution is -0.136. The van der Waals surface area contributed by atoms with E-state index in [1.54, 1.807) is 4.90 Å². The number of hydrogen-bond acceptors (Lipinski definition) is 7. The van der Waals surface area contributed by atoms with Gasteiger partial charge in [-0.15, -0.1) is 0 Å². The molecule has 1 unspecified atom stereocenters. The van der Waals surface area contributed by atoms with E-state index in [2.05, 4.69) is 10.2 Å². The van der Waals surface area contributed by atoms with Crippen LogP contribution in [0.1, 0.15) is 33.6 Å². The molecule has 1 aromatic rings. The van der Waals surface area contributed by atoms with Crippen LogP contribution in [0.3, 0.4) is 0 Å². The van der Waals surface area contributed by atoms with Crippen molar-refractivity contribution in [2.75, 3.05) is 44.2 Å². The van der Waals surface area contributed by atoms with Gasteiger partial charge in [-0.3, -0.25) is 34.3 Å². The SMILES string of the molecule is O=C1CCC(N2C(=O)c3cc(F)c(N4CCN(CCO)CC4)cc3C2=O)C(=O)N1. The molecule has 0 aromatic heterocycles. The summed E-state index contributed by atoms with van der Waals surface area (Å²) in [5.74, 6) is -3.13. The monoisotopic (exact) mass is 404 g/mol. The number of hydrogen-bond donors (Lipinski definition) is 2. The molecule has 2 N–H and O–H groups in total. The molecule has 1 aromatic carbocycles. The van der Waals surface area contributed by atoms with Crippen LogP contribution in [0.2, 0.25) is 0 Å². The molecule has 4 rings (SSSR count). The molecule has 154 valence electrons. The second kappa shape index (κ2) is 7.53. The minimum Gasteiger partial charge on any atom is -0.395 e. The van der Waals surface area contributed by atoms with Gasteiger partial charge in [-0.2, -0.15) is 0 Å². The Morgan fingerprint density at radius 3 is 2.31 bits per heavy atom. The maximum Gasteiger partial charge on any atom is 0.262 e. The molecule has 0 saturated carbocycles. The number of anilines is 1. The highest BCUT2D eigenvalue weighted by molar-refractivity contribution is 6.23. The Balaban J connectivity index is 1.58. The Bertz CT molecular complexity index is 897. The van der Waals surface area contributed by atoms with Gasteiger partial charge in [0.1, 0.15) is 11.9 Å². The summed E-state index contributed by atoms with van der Waals surface area (Å²) in [5.41, 5.74) is 0.229. The number of carbonyl (C=O) groups is 4. The van der Waals surface area contributed by atoms with E-state index >= 15 is 0 Å². The second-order valence-corrected chi connectivity index (χ2v) is 7.35. The highest BCUT2D eigenvalue weighted by Crippen LogP contribution is 2.33. The average Bonchev–Trinajstić information content (AvgIpc) is 2.92. The Kier molecular flexibility index (Phi) is 5.05. The summed E-state index contributed by atoms with van der Waals surface area (Å²) >= 11 is 0. The summed E-state index contributed by atoms with van der Waals surface area (Å²) in [4.78, 5) is 53.8. The Morgan fingerprint density at radius 1 is 1.03 bits per heavy atom. The predicted molar refractivity (Wildman–Crippen MR) is 98.8 cm³/mol. The van der Waals surface area contributed by atoms with Gasteiger partial charge in [0.25, 0.3) is 11.8 Å². The van der Waals surface area contributed by atoms with Gasteiger partial charge in [-0.25, -0.2) is 4.39 Å². The van der Waals surface area contributed by atoms with Crippen LogP contribution in [0.4, 0.5) is 10.1 Å². The lowest BCUT2D eigenvalue weighted by Gasteiger charge is -2.36. The summed E-state index contributed by atoms with van der Waals surface area (Å²) in [5, 5.41) is 11.2. The Labute approximate surface area is 166 Å². The number of imide groups is 2. The summed E-state index contributed by atoms with van der Waals surface area (Å²) in [6.45, 7) is 2.94. The molecule has 3 heterocycles. The third kappa shape index (κ3) is 3.38. The third-order valence-corrected chi connectivity index (χ3v) is 5.64. The van der Waals surface area contributed by atoms with E-state index in [1.807, 2.05) is 0 Å². The van der Waals surface area contributed by atoms with E-state index in [9.17, 15) is 23.6 Å². The predicted octanol–water partition coefficient (Wildman–Crippen LogP) is -0.659. The largest absolute Gasteiger partial charge is 0.395 e. The van der Waals surface area contributed by atoms with E-state index in [0.29, 0.717) is 32.7 Å². The zero-order valence-electron chi connectivity index (χ0n) is 15.7. The van der Waals surface area contributed by atoms with Gasteiger partial charge < -0.3 is 10.0 Å². The van der Waals surface area contributed by atoms with Gasteiger partial charge in [0, 0.05) is 39.1 Å². The molecule has 9 nitrogen and oxygen atoms in total. The van der Waals surface area contributed by atoms with E-state index < -0.39 is 35.5 Å². The smallest absolute Gasteiger partial charge is 0.262 e. The minimum absolute atomic E-state index is 0.0293. The molecule has 10 heteroatoms. The standard InChI is InChI=1S/C19H21FN4O5/c20-13-9-11-12(10-15(13)23-5-3-22(4-6-23)7-8-25)19(29)24(18(11)28)14-1-2-16(26)21-17(14)27/h9-10,14,25H,1-8H2,(H,21,26,27). The molecule has 3 aliphatic heterocycles. The maximum atomic E-state index is 14.8. The number of nitrogens with one attached hydrogen (secondary N) is 1. The number of halogens is 1. The lowest BCUT2D eigenvalue weighted by atomic mass is 10.0. The second-order valence-electron chi connectivity index (χ2n) is 7.35. The third-order valence-electron chi connectivity index (χ3n) is 5.64. The first-order valence-electron chi connectivity index (χ1n) is 9.54. The number of rotatable bonds is 4. The number of aliphatic hydroxyl groups is 1. The van der Waals surface area contributed by atoms with Crippen LogP contribution in [0.5, 0.6) is 0 Å². The summed E-state index contributed by atoms with van der Waals surface area (Å²) in [6, 6.07) is 1.35. The molecule has 0 aliphatic carbocycles. The number of piperidine rings is 1. The van der Waals surface area contributed by atoms with Gasteiger partial charge in [0.15, 0.2) is 0 Å². The Morgan fingerprint density at radius 2 is 1.69 bits per heavy atom. The number of piperazine rings is 1. The van der Waals surface area contributed by atoms with Crippen LogP contribution in [-0.2, 0) is 9.59 Å². The normalized spacial score (nSPS) is 22.9. The molecule has 1 atom stereocenters. The average molecular weight is 404 g/mol. The summed E-state index contributed by atoms with van der Waals surface area (Å²) in [7, 11) is 0. The fourth-order valence-corrected chi connectivity index (χ4v) is 4.08. The first kappa shape index (κ1) is 19.5. The molecule has 3 aliphatic rings. The van der Waals surface area contributed by atoms with Crippen molar-refractivity contribution in [3.63, 3.8) is 0 Å². The maximum absolute atomic E-state index is 14.8. The summed E-state index contributed by atoms with van der Waals surface area (Å²) in [6.07, 6.45) is 0.0832. The number of fused-ring (bicyclic) bond motifs is 1. The first-order chi connectivity index (χ1) is 13.9. The van der Waals surface area contributed by atoms with Gasteiger partial charge in [-0.1, -0.05) is 0 Å². The van der Waals surface area contributed by atoms with Crippen molar-refractivity contribution in [3.05, 3.63) is 29.1 Å². The van der Waals surface area contributed by atoms with Crippen LogP contribution in [-0.4, -0.2) is 83.9 Å². The van der Waals surface area contributed by atoms with E-state index in [4.69, 9.17) is 5.11 Å². The van der Waals surface area contributed by atoms with Crippen molar-refractivity contribution >= 4 is 29.3 Å². The van der Waals surface area contributed by atoms with Gasteiger partial charge in [0.05, 0.1) is 23.4 Å². The van der Waals surface area contributed by atoms with Crippen molar-refractivity contribution in [3.8, 4) is 0 Å². The van der Waals surface area contributed by atoms with Crippen molar-refractivity contribution in [1.82, 2.24) is 15.1 Å². The summed E-state index contributed by atoms with van der Waals surface area (Å²) < 4.78 is 14.8. The highest BCUT2D eigenvalue weighted by atomic mass is 19.1. The minimum atomic E-state index is -1.08. The van der Waals surface area contributed by atoms with Gasteiger partial charge in [-0.05, 0) is 18.6 Å². The van der Waals surface area contributed by atoms with E-state index in [1.165, 1.54) is 6.07 Å². The van der Waals surface area contributed by atoms with Crippen molar-refractivity contribution in [2.45, 2.75) is 18.9 Å². The molecular formula is C19H21FN4O5. The highest BCUT2D eigenvalue weighted by Gasteiger charge is 2.45. The molecule has 2 saturated heterocycles. The number of β-amino-alcohol motifs (C(OH)–C–C–N with tert-alkyl or cyclic N) is 1. The number of amides is 4. The van der Waals surface area contributed by atoms with E-state index in [0.717, 1.165) is 11.0 Å². The van der Waals surface area contributed by atoms with Crippen LogP contribution in [0.25, 0.3) is 0 Å². The first-order valence-corrected chi connectivity index (χ1v) is 9.54. The van der Waals surface area contributed by atoms with Gasteiger partial charge in [0.2, 0.25) is 11.8 Å². The molecule has 0 bridgehead atoms. The van der Waals surface area contributed by atoms with Crippen LogP contribution in [0, 0.1) is 5.82 Å². The molecular weight excluding hydrogens is 383 g/mol. The topological polar surface area (TPSA) is 110 Å². The number of carbonyl (C=O) groups excluding carboxylic acids is 4. The van der Waals surface area contributed by atoms with Crippen LogP contribution >= 0.6 is 0 Å². The zero-order valence-corrected chi connectivity index (χ0v) is 15.7. The van der Waals surface area contributed by atoms with E-state index in [-0.39, 0.29) is 36.3 Å². The number of nitrogens with zero attached hydrogens (tertiary/aromatic N) is 3. The molecule has 4 amide bonds. The fraction of sp³-hybridized carbons (Fsp3) is 0.474. The van der Waals surface area contributed by atoms with Crippen molar-refractivity contribution in [1.29, 1.82) is 0 Å². The quantitative estimate of drug-likeness (QED) is 0.641. The molecule has 0 radical (unpaired) electrons. The zero-order chi connectivity index (χ0) is 20.7. The van der Waals surface area contributed by atoms with Gasteiger partial charge >= 0.3 is 0 Å². The number of benzene rings is 1. The van der Waals surface area contributed by atoms with Crippen LogP contribution < -0.4 is 10.2 Å². The Hall–Kier alpha value is -2.85. The molecule has 0 spiro atoms. The van der Waals surface area contributed by atoms with Crippen molar-refractivity contribution in [2.24, 2.45) is 0 Å². The van der Waals surface area contributed by atoms with Crippen LogP contribution in [0.15, 0.2) is 12.1 Å².